The van der Waals surface area contributed by atoms with Crippen LogP contribution < -0.4 is 5.32 Å². The van der Waals surface area contributed by atoms with Crippen molar-refractivity contribution in [1.82, 2.24) is 10.2 Å². The van der Waals surface area contributed by atoms with E-state index >= 15 is 0 Å². The molecule has 2 nitrogen and oxygen atoms in total. The third kappa shape index (κ3) is 2.00. The lowest BCUT2D eigenvalue weighted by Gasteiger charge is -2.39. The minimum atomic E-state index is 0.526. The van der Waals surface area contributed by atoms with Gasteiger partial charge in [-0.2, -0.15) is 0 Å². The molecule has 2 aliphatic rings. The van der Waals surface area contributed by atoms with E-state index in [4.69, 9.17) is 0 Å². The number of hydrogen-bond acceptors (Lipinski definition) is 2. The van der Waals surface area contributed by atoms with E-state index < -0.39 is 0 Å². The molecule has 0 amide bonds. The third-order valence-electron chi connectivity index (χ3n) is 4.41. The van der Waals surface area contributed by atoms with Gasteiger partial charge in [0.15, 0.2) is 0 Å². The van der Waals surface area contributed by atoms with Gasteiger partial charge in [-0.25, -0.2) is 0 Å². The van der Waals surface area contributed by atoms with Crippen molar-refractivity contribution in [2.45, 2.75) is 37.8 Å². The minimum absolute atomic E-state index is 0.526. The Balaban J connectivity index is 1.88. The largest absolute Gasteiger partial charge is 0.312 e. The monoisotopic (exact) mass is 230 g/mol. The van der Waals surface area contributed by atoms with Gasteiger partial charge in [0, 0.05) is 12.1 Å². The van der Waals surface area contributed by atoms with Gasteiger partial charge in [0.1, 0.15) is 0 Å². The average molecular weight is 230 g/mol. The van der Waals surface area contributed by atoms with Crippen LogP contribution in [0.2, 0.25) is 0 Å². The molecule has 17 heavy (non-hydrogen) atoms. The van der Waals surface area contributed by atoms with Crippen LogP contribution in [0.1, 0.15) is 36.4 Å². The highest BCUT2D eigenvalue weighted by molar-refractivity contribution is 5.34. The number of fused-ring (bicyclic) bond motifs is 1. The molecule has 2 atom stereocenters. The summed E-state index contributed by atoms with van der Waals surface area (Å²) in [7, 11) is 2.11. The average Bonchev–Trinajstić information content (AvgIpc) is 2.91. The summed E-state index contributed by atoms with van der Waals surface area (Å²) in [6.45, 7) is 2.59. The molecule has 0 radical (unpaired) electrons. The Morgan fingerprint density at radius 2 is 1.94 bits per heavy atom. The number of likely N-dealkylation sites (N-methyl/N-ethyl adjacent to an activating group) is 1. The maximum atomic E-state index is 3.55. The summed E-state index contributed by atoms with van der Waals surface area (Å²) in [5.41, 5.74) is 3.07. The Hall–Kier alpha value is -0.860. The lowest BCUT2D eigenvalue weighted by molar-refractivity contribution is 0.176. The van der Waals surface area contributed by atoms with Crippen molar-refractivity contribution >= 4 is 0 Å². The van der Waals surface area contributed by atoms with Crippen LogP contribution in [0.5, 0.6) is 0 Å². The van der Waals surface area contributed by atoms with Crippen molar-refractivity contribution in [2.75, 3.05) is 20.1 Å². The van der Waals surface area contributed by atoms with E-state index in [1.807, 2.05) is 0 Å². The highest BCUT2D eigenvalue weighted by Crippen LogP contribution is 2.34. The van der Waals surface area contributed by atoms with Gasteiger partial charge in [-0.3, -0.25) is 4.90 Å². The molecule has 1 aliphatic heterocycles. The third-order valence-corrected chi connectivity index (χ3v) is 4.41. The van der Waals surface area contributed by atoms with Crippen molar-refractivity contribution in [3.05, 3.63) is 35.4 Å². The van der Waals surface area contributed by atoms with Gasteiger partial charge in [-0.15, -0.1) is 0 Å². The molecule has 92 valence electrons. The van der Waals surface area contributed by atoms with Gasteiger partial charge in [-0.05, 0) is 56.9 Å². The number of rotatable bonds is 2. The standard InChI is InChI=1S/C15H22N2/c1-16-15-13-7-3-2-6-12(13)8-9-14(15)17-10-4-5-11-17/h2-3,6-7,14-16H,4-5,8-11H2,1H3/t14-,15-/m1/s1. The van der Waals surface area contributed by atoms with Crippen molar-refractivity contribution in [3.63, 3.8) is 0 Å². The molecule has 3 rings (SSSR count). The van der Waals surface area contributed by atoms with Gasteiger partial charge in [0.25, 0.3) is 0 Å². The topological polar surface area (TPSA) is 15.3 Å². The second kappa shape index (κ2) is 4.79. The van der Waals surface area contributed by atoms with Crippen LogP contribution in [0.15, 0.2) is 24.3 Å². The number of nitrogens with zero attached hydrogens (tertiary/aromatic N) is 1. The van der Waals surface area contributed by atoms with E-state index in [0.29, 0.717) is 12.1 Å². The first kappa shape index (κ1) is 11.2. The van der Waals surface area contributed by atoms with Crippen LogP contribution in [0.3, 0.4) is 0 Å². The van der Waals surface area contributed by atoms with Gasteiger partial charge >= 0.3 is 0 Å². The van der Waals surface area contributed by atoms with E-state index in [1.54, 1.807) is 5.56 Å². The molecule has 2 heteroatoms. The van der Waals surface area contributed by atoms with Crippen molar-refractivity contribution in [3.8, 4) is 0 Å². The summed E-state index contributed by atoms with van der Waals surface area (Å²) in [6.07, 6.45) is 5.32. The number of nitrogens with one attached hydrogen (secondary N) is 1. The summed E-state index contributed by atoms with van der Waals surface area (Å²) < 4.78 is 0. The van der Waals surface area contributed by atoms with Crippen LogP contribution in [0, 0.1) is 0 Å². The lowest BCUT2D eigenvalue weighted by atomic mass is 9.83. The second-order valence-corrected chi connectivity index (χ2v) is 5.31. The number of benzene rings is 1. The predicted octanol–water partition coefficient (Wildman–Crippen LogP) is 2.36. The van der Waals surface area contributed by atoms with E-state index in [-0.39, 0.29) is 0 Å². The molecule has 0 unspecified atom stereocenters. The smallest absolute Gasteiger partial charge is 0.0478 e. The fraction of sp³-hybridized carbons (Fsp3) is 0.600. The molecule has 0 saturated carbocycles. The molecule has 0 aromatic heterocycles. The highest BCUT2D eigenvalue weighted by atomic mass is 15.2. The summed E-state index contributed by atoms with van der Waals surface area (Å²) in [5.74, 6) is 0. The fourth-order valence-electron chi connectivity index (χ4n) is 3.56. The molecule has 1 heterocycles. The van der Waals surface area contributed by atoms with Crippen LogP contribution in [0.25, 0.3) is 0 Å². The Labute approximate surface area is 104 Å². The first-order valence-electron chi connectivity index (χ1n) is 6.89. The number of hydrogen-bond donors (Lipinski definition) is 1. The molecule has 1 fully saturated rings. The van der Waals surface area contributed by atoms with Gasteiger partial charge < -0.3 is 5.32 Å². The molecule has 0 spiro atoms. The fourth-order valence-corrected chi connectivity index (χ4v) is 3.56. The number of aryl methyl sites for hydroxylation is 1. The summed E-state index contributed by atoms with van der Waals surface area (Å²) in [4.78, 5) is 2.69. The Kier molecular flexibility index (Phi) is 3.17. The zero-order valence-corrected chi connectivity index (χ0v) is 10.7. The van der Waals surface area contributed by atoms with E-state index in [0.717, 1.165) is 0 Å². The normalized spacial score (nSPS) is 29.2. The zero-order chi connectivity index (χ0) is 11.7. The summed E-state index contributed by atoms with van der Waals surface area (Å²) in [5, 5.41) is 3.55. The summed E-state index contributed by atoms with van der Waals surface area (Å²) in [6, 6.07) is 10.2. The Morgan fingerprint density at radius 1 is 1.18 bits per heavy atom. The Bertz CT molecular complexity index is 382. The first-order valence-corrected chi connectivity index (χ1v) is 6.89. The van der Waals surface area contributed by atoms with Crippen LogP contribution in [-0.2, 0) is 6.42 Å². The van der Waals surface area contributed by atoms with E-state index in [1.165, 1.54) is 44.3 Å². The highest BCUT2D eigenvalue weighted by Gasteiger charge is 2.33. The summed E-state index contributed by atoms with van der Waals surface area (Å²) >= 11 is 0. The SMILES string of the molecule is CN[C@@H]1c2ccccc2CC[C@H]1N1CCCC1. The first-order chi connectivity index (χ1) is 8.40. The zero-order valence-electron chi connectivity index (χ0n) is 10.7. The Morgan fingerprint density at radius 3 is 2.71 bits per heavy atom. The van der Waals surface area contributed by atoms with Crippen LogP contribution in [0.4, 0.5) is 0 Å². The number of likely N-dealkylation sites (tertiary alicyclic amines) is 1. The second-order valence-electron chi connectivity index (χ2n) is 5.31. The lowest BCUT2D eigenvalue weighted by Crippen LogP contribution is -2.45. The van der Waals surface area contributed by atoms with Gasteiger partial charge in [0.05, 0.1) is 0 Å². The van der Waals surface area contributed by atoms with E-state index in [9.17, 15) is 0 Å². The van der Waals surface area contributed by atoms with E-state index in [2.05, 4.69) is 41.5 Å². The molecule has 1 N–H and O–H groups in total. The maximum Gasteiger partial charge on any atom is 0.0478 e. The molecule has 1 aliphatic carbocycles. The predicted molar refractivity (Wildman–Crippen MR) is 71.2 cm³/mol. The quantitative estimate of drug-likeness (QED) is 0.839. The van der Waals surface area contributed by atoms with Crippen molar-refractivity contribution < 1.29 is 0 Å². The molecular weight excluding hydrogens is 208 g/mol. The molecule has 1 aromatic carbocycles. The van der Waals surface area contributed by atoms with Crippen molar-refractivity contribution in [2.24, 2.45) is 0 Å². The molecule has 0 bridgehead atoms. The molecule has 1 saturated heterocycles. The molecule has 1 aromatic rings. The maximum absolute atomic E-state index is 3.55. The minimum Gasteiger partial charge on any atom is -0.312 e. The van der Waals surface area contributed by atoms with Crippen LogP contribution in [-0.4, -0.2) is 31.1 Å². The van der Waals surface area contributed by atoms with Crippen molar-refractivity contribution in [1.29, 1.82) is 0 Å². The van der Waals surface area contributed by atoms with Gasteiger partial charge in [0.2, 0.25) is 0 Å². The molecular formula is C15H22N2. The van der Waals surface area contributed by atoms with Crippen LogP contribution >= 0.6 is 0 Å². The van der Waals surface area contributed by atoms with Gasteiger partial charge in [-0.1, -0.05) is 24.3 Å².